The van der Waals surface area contributed by atoms with Gasteiger partial charge in [-0.2, -0.15) is 0 Å². The Morgan fingerprint density at radius 2 is 2.05 bits per heavy atom. The molecule has 96 valence electrons. The van der Waals surface area contributed by atoms with Crippen LogP contribution in [0.1, 0.15) is 13.3 Å². The highest BCUT2D eigenvalue weighted by atomic mass is 15.1. The highest BCUT2D eigenvalue weighted by Gasteiger charge is 2.13. The van der Waals surface area contributed by atoms with Gasteiger partial charge in [0.1, 0.15) is 17.0 Å². The molecule has 0 fully saturated rings. The van der Waals surface area contributed by atoms with Crippen LogP contribution in [0.15, 0.2) is 36.5 Å². The number of aryl methyl sites for hydroxylation is 1. The number of hydrogen-bond acceptors (Lipinski definition) is 4. The lowest BCUT2D eigenvalue weighted by atomic mass is 10.3. The van der Waals surface area contributed by atoms with Crippen molar-refractivity contribution < 1.29 is 0 Å². The van der Waals surface area contributed by atoms with Crippen LogP contribution >= 0.6 is 0 Å². The minimum atomic E-state index is 0.501. The summed E-state index contributed by atoms with van der Waals surface area (Å²) in [4.78, 5) is 13.4. The molecule has 0 radical (unpaired) electrons. The van der Waals surface area contributed by atoms with Gasteiger partial charge in [-0.3, -0.25) is 0 Å². The fourth-order valence-electron chi connectivity index (χ4n) is 2.17. The molecule has 0 saturated carbocycles. The van der Waals surface area contributed by atoms with Crippen LogP contribution in [0.3, 0.4) is 0 Å². The highest BCUT2D eigenvalue weighted by Crippen LogP contribution is 2.22. The van der Waals surface area contributed by atoms with Gasteiger partial charge in [-0.15, -0.1) is 0 Å². The van der Waals surface area contributed by atoms with Gasteiger partial charge in [0.05, 0.1) is 0 Å². The van der Waals surface area contributed by atoms with Gasteiger partial charge in [-0.05, 0) is 30.7 Å². The lowest BCUT2D eigenvalue weighted by Gasteiger charge is -2.06. The average Bonchev–Trinajstić information content (AvgIpc) is 2.79. The van der Waals surface area contributed by atoms with Crippen LogP contribution in [0.4, 0.5) is 5.82 Å². The number of nitrogens with zero attached hydrogens (tertiary/aromatic N) is 4. The van der Waals surface area contributed by atoms with E-state index in [1.165, 1.54) is 0 Å². The molecule has 5 heteroatoms. The van der Waals surface area contributed by atoms with Crippen molar-refractivity contribution in [1.82, 2.24) is 19.5 Å². The minimum absolute atomic E-state index is 0.501. The predicted molar refractivity (Wildman–Crippen MR) is 75.5 cm³/mol. The topological polar surface area (TPSA) is 69.6 Å². The van der Waals surface area contributed by atoms with Crippen LogP contribution in [0.5, 0.6) is 0 Å². The van der Waals surface area contributed by atoms with Crippen molar-refractivity contribution in [2.24, 2.45) is 0 Å². The average molecular weight is 253 g/mol. The fourth-order valence-corrected chi connectivity index (χ4v) is 2.17. The number of aromatic nitrogens is 4. The van der Waals surface area contributed by atoms with E-state index in [1.54, 1.807) is 12.3 Å². The molecule has 3 aromatic heterocycles. The zero-order valence-electron chi connectivity index (χ0n) is 10.7. The van der Waals surface area contributed by atoms with Gasteiger partial charge >= 0.3 is 0 Å². The number of fused-ring (bicyclic) bond motifs is 1. The summed E-state index contributed by atoms with van der Waals surface area (Å²) in [6.45, 7) is 2.99. The molecule has 0 aliphatic rings. The summed E-state index contributed by atoms with van der Waals surface area (Å²) in [6, 6.07) is 9.44. The largest absolute Gasteiger partial charge is 0.384 e. The molecule has 0 spiro atoms. The van der Waals surface area contributed by atoms with E-state index in [2.05, 4.69) is 26.4 Å². The third-order valence-corrected chi connectivity index (χ3v) is 2.95. The summed E-state index contributed by atoms with van der Waals surface area (Å²) in [5, 5.41) is 0. The van der Waals surface area contributed by atoms with Crippen molar-refractivity contribution in [2.45, 2.75) is 19.9 Å². The predicted octanol–water partition coefficient (Wildman–Crippen LogP) is 2.49. The SMILES string of the molecule is CCCn1c(-c2cccc(N)n2)nc2cccnc21. The Labute approximate surface area is 111 Å². The maximum atomic E-state index is 5.75. The van der Waals surface area contributed by atoms with E-state index < -0.39 is 0 Å². The molecule has 0 bridgehead atoms. The molecule has 3 rings (SSSR count). The standard InChI is InChI=1S/C14H15N5/c1-2-9-19-13-10(6-4-8-16-13)18-14(19)11-5-3-7-12(15)17-11/h3-8H,2,9H2,1H3,(H2,15,17). The zero-order chi connectivity index (χ0) is 13.2. The molecule has 0 aliphatic heterocycles. The molecule has 2 N–H and O–H groups in total. The number of pyridine rings is 2. The van der Waals surface area contributed by atoms with E-state index >= 15 is 0 Å². The molecular weight excluding hydrogens is 238 g/mol. The number of nitrogen functional groups attached to an aromatic ring is 1. The quantitative estimate of drug-likeness (QED) is 0.778. The maximum Gasteiger partial charge on any atom is 0.161 e. The maximum absolute atomic E-state index is 5.75. The second-order valence-corrected chi connectivity index (χ2v) is 4.38. The third-order valence-electron chi connectivity index (χ3n) is 2.95. The summed E-state index contributed by atoms with van der Waals surface area (Å²) in [6.07, 6.45) is 2.80. The van der Waals surface area contributed by atoms with Crippen molar-refractivity contribution in [3.05, 3.63) is 36.5 Å². The normalized spacial score (nSPS) is 11.0. The Hall–Kier alpha value is -2.43. The van der Waals surface area contributed by atoms with Gasteiger partial charge in [-0.1, -0.05) is 13.0 Å². The molecule has 5 nitrogen and oxygen atoms in total. The molecule has 0 atom stereocenters. The summed E-state index contributed by atoms with van der Waals surface area (Å²) >= 11 is 0. The zero-order valence-corrected chi connectivity index (χ0v) is 10.7. The van der Waals surface area contributed by atoms with Gasteiger partial charge in [0.25, 0.3) is 0 Å². The van der Waals surface area contributed by atoms with Crippen molar-refractivity contribution >= 4 is 17.0 Å². The van der Waals surface area contributed by atoms with Crippen LogP contribution in [-0.4, -0.2) is 19.5 Å². The second-order valence-electron chi connectivity index (χ2n) is 4.38. The molecule has 3 aromatic rings. The first-order chi connectivity index (χ1) is 9.29. The lowest BCUT2D eigenvalue weighted by Crippen LogP contribution is -2.02. The van der Waals surface area contributed by atoms with Crippen LogP contribution in [0, 0.1) is 0 Å². The first kappa shape index (κ1) is 11.6. The molecule has 0 amide bonds. The number of imidazole rings is 1. The summed E-state index contributed by atoms with van der Waals surface area (Å²) in [7, 11) is 0. The van der Waals surface area contributed by atoms with Crippen LogP contribution in [0.25, 0.3) is 22.7 Å². The van der Waals surface area contributed by atoms with Gasteiger partial charge in [0, 0.05) is 12.7 Å². The van der Waals surface area contributed by atoms with Crippen molar-refractivity contribution in [3.63, 3.8) is 0 Å². The van der Waals surface area contributed by atoms with Crippen LogP contribution in [-0.2, 0) is 6.54 Å². The molecular formula is C14H15N5. The van der Waals surface area contributed by atoms with E-state index in [0.29, 0.717) is 5.82 Å². The highest BCUT2D eigenvalue weighted by molar-refractivity contribution is 5.76. The van der Waals surface area contributed by atoms with E-state index in [4.69, 9.17) is 5.73 Å². The van der Waals surface area contributed by atoms with Crippen molar-refractivity contribution in [1.29, 1.82) is 0 Å². The number of rotatable bonds is 3. The minimum Gasteiger partial charge on any atom is -0.384 e. The summed E-state index contributed by atoms with van der Waals surface area (Å²) in [5.41, 5.74) is 8.31. The van der Waals surface area contributed by atoms with E-state index in [0.717, 1.165) is 35.6 Å². The summed E-state index contributed by atoms with van der Waals surface area (Å²) < 4.78 is 2.09. The Balaban J connectivity index is 2.25. The van der Waals surface area contributed by atoms with Crippen LogP contribution < -0.4 is 5.73 Å². The van der Waals surface area contributed by atoms with Gasteiger partial charge in [0.2, 0.25) is 0 Å². The molecule has 0 saturated heterocycles. The molecule has 0 aromatic carbocycles. The molecule has 0 unspecified atom stereocenters. The monoisotopic (exact) mass is 253 g/mol. The van der Waals surface area contributed by atoms with Crippen LogP contribution in [0.2, 0.25) is 0 Å². The first-order valence-electron chi connectivity index (χ1n) is 6.33. The first-order valence-corrected chi connectivity index (χ1v) is 6.33. The number of nitrogens with two attached hydrogens (primary N) is 1. The number of hydrogen-bond donors (Lipinski definition) is 1. The molecule has 19 heavy (non-hydrogen) atoms. The lowest BCUT2D eigenvalue weighted by molar-refractivity contribution is 0.697. The third kappa shape index (κ3) is 2.03. The van der Waals surface area contributed by atoms with Gasteiger partial charge in [0.15, 0.2) is 11.5 Å². The molecule has 3 heterocycles. The Morgan fingerprint density at radius 3 is 2.84 bits per heavy atom. The van der Waals surface area contributed by atoms with Gasteiger partial charge in [-0.25, -0.2) is 15.0 Å². The fraction of sp³-hybridized carbons (Fsp3) is 0.214. The van der Waals surface area contributed by atoms with Crippen molar-refractivity contribution in [3.8, 4) is 11.5 Å². The van der Waals surface area contributed by atoms with E-state index in [-0.39, 0.29) is 0 Å². The number of anilines is 1. The van der Waals surface area contributed by atoms with E-state index in [1.807, 2.05) is 24.3 Å². The van der Waals surface area contributed by atoms with E-state index in [9.17, 15) is 0 Å². The summed E-state index contributed by atoms with van der Waals surface area (Å²) in [5.74, 6) is 1.32. The van der Waals surface area contributed by atoms with Crippen molar-refractivity contribution in [2.75, 3.05) is 5.73 Å². The molecule has 0 aliphatic carbocycles. The Kier molecular flexibility index (Phi) is 2.87. The smallest absolute Gasteiger partial charge is 0.161 e. The Bertz CT molecular complexity index is 717. The Morgan fingerprint density at radius 1 is 1.16 bits per heavy atom. The van der Waals surface area contributed by atoms with Gasteiger partial charge < -0.3 is 10.3 Å². The second kappa shape index (κ2) is 4.68.